The molecule has 52 heavy (non-hydrogen) atoms. The molecule has 0 aromatic heterocycles. The third-order valence-corrected chi connectivity index (χ3v) is 10.5. The van der Waals surface area contributed by atoms with Crippen LogP contribution in [0.15, 0.2) is 60.3 Å². The molecule has 0 bridgehead atoms. The minimum Gasteiger partial charge on any atom is -0.502 e. The lowest BCUT2D eigenvalue weighted by molar-refractivity contribution is 0.283. The Labute approximate surface area is 344 Å². The Hall–Kier alpha value is -1.18. The first kappa shape index (κ1) is 104. The second-order valence-corrected chi connectivity index (χ2v) is 15.7. The van der Waals surface area contributed by atoms with Gasteiger partial charge in [0.05, 0.1) is 12.9 Å². The number of rotatable bonds is 13. The van der Waals surface area contributed by atoms with Crippen LogP contribution in [0, 0.1) is 0 Å². The second kappa shape index (κ2) is 83.0. The normalized spacial score (nSPS) is 7.88. The third-order valence-electron chi connectivity index (χ3n) is 5.77. The predicted molar refractivity (Wildman–Crippen MR) is 271 cm³/mol. The van der Waals surface area contributed by atoms with E-state index in [1.54, 1.807) is 32.7 Å². The molecule has 0 aliphatic rings. The van der Waals surface area contributed by atoms with E-state index < -0.39 is 19.4 Å². The van der Waals surface area contributed by atoms with Crippen LogP contribution in [0.1, 0.15) is 195 Å². The Morgan fingerprint density at radius 3 is 0.846 bits per heavy atom. The van der Waals surface area contributed by atoms with Gasteiger partial charge in [0.15, 0.2) is 0 Å². The van der Waals surface area contributed by atoms with Gasteiger partial charge < -0.3 is 4.74 Å². The number of ether oxygens (including phenoxy) is 1. The third kappa shape index (κ3) is 134. The van der Waals surface area contributed by atoms with Crippen LogP contribution in [0.25, 0.3) is 0 Å². The maximum atomic E-state index is 10.8. The Bertz CT molecular complexity index is 711. The van der Waals surface area contributed by atoms with Crippen molar-refractivity contribution >= 4 is 37.0 Å². The van der Waals surface area contributed by atoms with E-state index >= 15 is 0 Å². The highest BCUT2D eigenvalue weighted by molar-refractivity contribution is 8.02. The Morgan fingerprint density at radius 1 is 0.558 bits per heavy atom. The quantitative estimate of drug-likeness (QED) is 0.105. The summed E-state index contributed by atoms with van der Waals surface area (Å²) in [5.41, 5.74) is 2.69. The average molecular weight is 814 g/mol. The summed E-state index contributed by atoms with van der Waals surface area (Å²) in [6.07, 6.45) is 13.9. The summed E-state index contributed by atoms with van der Waals surface area (Å²) in [4.78, 5) is 1.26. The van der Waals surface area contributed by atoms with Gasteiger partial charge in [0.2, 0.25) is 0 Å². The van der Waals surface area contributed by atoms with Crippen molar-refractivity contribution in [2.45, 2.75) is 195 Å². The summed E-state index contributed by atoms with van der Waals surface area (Å²) < 4.78 is 36.3. The van der Waals surface area contributed by atoms with Crippen LogP contribution in [0.4, 0.5) is 0 Å². The van der Waals surface area contributed by atoms with Crippen molar-refractivity contribution in [3.05, 3.63) is 60.3 Å². The van der Waals surface area contributed by atoms with Crippen LogP contribution in [0.2, 0.25) is 0 Å². The van der Waals surface area contributed by atoms with Crippen molar-refractivity contribution < 1.29 is 17.4 Å². The molecule has 0 aromatic rings. The van der Waals surface area contributed by atoms with Gasteiger partial charge >= 0.3 is 0 Å². The molecule has 0 saturated carbocycles. The highest BCUT2D eigenvalue weighted by Gasteiger charge is 1.99. The highest BCUT2D eigenvalue weighted by atomic mass is 32.2. The lowest BCUT2D eigenvalue weighted by Gasteiger charge is -1.96. The zero-order chi connectivity index (χ0) is 35.9. The number of allylic oxidation sites excluding steroid dienone is 6. The summed E-state index contributed by atoms with van der Waals surface area (Å²) in [5.74, 6) is 6.34. The molecule has 4 nitrogen and oxygen atoms in total. The summed E-state index contributed by atoms with van der Waals surface area (Å²) >= 11 is 1.73. The largest absolute Gasteiger partial charge is 0.502 e. The summed E-state index contributed by atoms with van der Waals surface area (Å²) in [6, 6.07) is 0. The molecule has 0 atom stereocenters. The highest BCUT2D eigenvalue weighted by Crippen LogP contribution is 2.10. The summed E-state index contributed by atoms with van der Waals surface area (Å²) in [7, 11) is -2.68. The van der Waals surface area contributed by atoms with Gasteiger partial charge in [-0.15, -0.1) is 11.8 Å². The molecule has 0 N–H and O–H groups in total. The van der Waals surface area contributed by atoms with Gasteiger partial charge in [-0.3, -0.25) is 4.21 Å². The molecule has 0 fully saturated rings. The molecular formula is C45H112O4S3. The first-order valence-electron chi connectivity index (χ1n) is 15.8. The van der Waals surface area contributed by atoms with Gasteiger partial charge in [-0.2, -0.15) is 0 Å². The molecule has 0 radical (unpaired) electrons. The number of thioether (sulfide) groups is 1. The molecule has 0 aliphatic heterocycles. The van der Waals surface area contributed by atoms with Crippen LogP contribution in [-0.4, -0.2) is 54.9 Å². The smallest absolute Gasteiger partial charge is 0.149 e. The molecule has 0 heterocycles. The molecular weight excluding hydrogens is 701 g/mol. The average Bonchev–Trinajstić information content (AvgIpc) is 3.05. The molecule has 0 unspecified atom stereocenters. The summed E-state index contributed by atoms with van der Waals surface area (Å²) in [5, 5.41) is 0. The molecule has 334 valence electrons. The van der Waals surface area contributed by atoms with Gasteiger partial charge in [0.25, 0.3) is 0 Å². The van der Waals surface area contributed by atoms with E-state index in [2.05, 4.69) is 85.9 Å². The molecule has 0 spiro atoms. The van der Waals surface area contributed by atoms with Gasteiger partial charge in [-0.25, -0.2) is 8.42 Å². The first-order valence-corrected chi connectivity index (χ1v) is 20.9. The Kier molecular flexibility index (Phi) is 166. The maximum absolute atomic E-state index is 10.8. The van der Waals surface area contributed by atoms with Gasteiger partial charge in [-0.1, -0.05) is 193 Å². The van der Waals surface area contributed by atoms with Crippen molar-refractivity contribution in [1.29, 1.82) is 0 Å². The van der Waals surface area contributed by atoms with Crippen LogP contribution in [0.5, 0.6) is 0 Å². The van der Waals surface area contributed by atoms with Crippen molar-refractivity contribution in [1.82, 2.24) is 0 Å². The van der Waals surface area contributed by atoms with Crippen LogP contribution in [0.3, 0.4) is 0 Å². The predicted octanol–water partition coefficient (Wildman–Crippen LogP) is 17.4. The molecule has 0 saturated heterocycles. The van der Waals surface area contributed by atoms with Crippen molar-refractivity contribution in [3.8, 4) is 0 Å². The molecule has 0 rings (SSSR count). The van der Waals surface area contributed by atoms with E-state index in [0.717, 1.165) is 50.7 Å². The number of sulfone groups is 1. The van der Waals surface area contributed by atoms with Gasteiger partial charge in [0.1, 0.15) is 9.84 Å². The summed E-state index contributed by atoms with van der Waals surface area (Å²) in [6.45, 7) is 38.8. The van der Waals surface area contributed by atoms with Gasteiger partial charge in [-0.05, 0) is 72.0 Å². The minimum absolute atomic E-state index is 0. The van der Waals surface area contributed by atoms with Crippen molar-refractivity contribution in [2.24, 2.45) is 0 Å². The fraction of sp³-hybridized carbons (Fsp3) is 0.756. The minimum atomic E-state index is -2.66. The molecule has 0 amide bonds. The van der Waals surface area contributed by atoms with Crippen molar-refractivity contribution in [2.75, 3.05) is 36.4 Å². The standard InChI is InChI=1S/2C6H12.C5H12OS.C5H10O.C5H10S.C5H10.C4H10O2S.9CH4/c2*1-4-6(3)5-2;1-4-7(3,6)5-2;2*1-4-5(2)6-3;1-3-5-4-2;1-3-7(5,6)4-2;;;;;;;;;/h2*3-5H2,1-2H3;3-5H2,1-2H3;2*2,4H2,1,3H3;3,5H,4H2,1-2H3;3-4H2,1-2H3;9*1H4/b;;;;;5-3-;;;;;;;;;;. The topological polar surface area (TPSA) is 60.4 Å². The van der Waals surface area contributed by atoms with Crippen molar-refractivity contribution in [3.63, 3.8) is 0 Å². The lowest BCUT2D eigenvalue weighted by Crippen LogP contribution is -2.04. The molecule has 0 aromatic carbocycles. The van der Waals surface area contributed by atoms with Crippen LogP contribution in [-0.2, 0) is 24.1 Å². The number of methoxy groups -OCH3 is 1. The Balaban J connectivity index is -0.0000000202. The van der Waals surface area contributed by atoms with E-state index in [9.17, 15) is 12.6 Å². The monoisotopic (exact) mass is 813 g/mol. The zero-order valence-corrected chi connectivity index (χ0v) is 33.8. The van der Waals surface area contributed by atoms with Gasteiger partial charge in [0, 0.05) is 29.4 Å². The second-order valence-electron chi connectivity index (χ2n) is 8.95. The van der Waals surface area contributed by atoms with E-state index in [4.69, 9.17) is 4.74 Å². The van der Waals surface area contributed by atoms with Crippen LogP contribution >= 0.6 is 11.8 Å². The molecule has 0 aliphatic carbocycles. The SMILES string of the molecule is C.C.C.C.C.C.C.C.C.C/C=C\CC.C=C(CC)CC.C=C(CC)CC.C=C(CC)OC.C=C(CC)SC.C=S(=O)(CC)CC.CCS(=O)(=O)CC. The van der Waals surface area contributed by atoms with E-state index in [-0.39, 0.29) is 78.3 Å². The number of hydrogen-bond acceptors (Lipinski definition) is 5. The molecule has 7 heteroatoms. The number of hydrogen-bond donors (Lipinski definition) is 0. The van der Waals surface area contributed by atoms with E-state index in [0.29, 0.717) is 11.5 Å². The lowest BCUT2D eigenvalue weighted by atomic mass is 10.2. The fourth-order valence-electron chi connectivity index (χ4n) is 1.43. The first-order chi connectivity index (χ1) is 19.9. The van der Waals surface area contributed by atoms with E-state index in [1.807, 2.05) is 34.0 Å². The maximum Gasteiger partial charge on any atom is 0.149 e. The zero-order valence-electron chi connectivity index (χ0n) is 31.3. The van der Waals surface area contributed by atoms with Crippen LogP contribution < -0.4 is 0 Å². The fourth-order valence-corrected chi connectivity index (χ4v) is 2.54. The van der Waals surface area contributed by atoms with E-state index in [1.165, 1.54) is 16.1 Å². The Morgan fingerprint density at radius 2 is 0.846 bits per heavy atom.